The number of likely N-dealkylation sites (N-methyl/N-ethyl adjacent to an activating group) is 1. The zero-order chi connectivity index (χ0) is 13.8. The number of hydrogen-bond donors (Lipinski definition) is 0. The quantitative estimate of drug-likeness (QED) is 0.849. The van der Waals surface area contributed by atoms with Crippen LogP contribution in [-0.2, 0) is 16.1 Å². The first kappa shape index (κ1) is 14.5. The molecule has 0 aromatic heterocycles. The summed E-state index contributed by atoms with van der Waals surface area (Å²) in [5.41, 5.74) is 0.516. The van der Waals surface area contributed by atoms with E-state index in [9.17, 15) is 9.18 Å². The number of nitrogens with zero attached hydrogens (tertiary/aromatic N) is 1. The predicted octanol–water partition coefficient (Wildman–Crippen LogP) is 3.12. The van der Waals surface area contributed by atoms with Crippen molar-refractivity contribution in [3.63, 3.8) is 0 Å². The second kappa shape index (κ2) is 6.48. The Morgan fingerprint density at radius 3 is 3.00 bits per heavy atom. The van der Waals surface area contributed by atoms with Crippen LogP contribution in [0.3, 0.4) is 0 Å². The van der Waals surface area contributed by atoms with Gasteiger partial charge in [-0.05, 0) is 38.0 Å². The summed E-state index contributed by atoms with van der Waals surface area (Å²) >= 11 is 3.32. The number of amides is 1. The normalized spacial score (nSPS) is 18.6. The van der Waals surface area contributed by atoms with Gasteiger partial charge in [0, 0.05) is 29.7 Å². The highest BCUT2D eigenvalue weighted by Crippen LogP contribution is 2.20. The second-order valence-corrected chi connectivity index (χ2v) is 5.51. The maximum atomic E-state index is 13.7. The van der Waals surface area contributed by atoms with Crippen LogP contribution in [0.4, 0.5) is 4.39 Å². The first-order valence-electron chi connectivity index (χ1n) is 6.46. The standard InChI is InChI=1S/C14H17BrFNO2/c1-2-17(14(18)13-4-3-7-19-13)9-10-8-11(15)5-6-12(10)16/h5-6,8,13H,2-4,7,9H2,1H3. The van der Waals surface area contributed by atoms with E-state index in [1.54, 1.807) is 17.0 Å². The lowest BCUT2D eigenvalue weighted by Gasteiger charge is -2.24. The molecule has 0 saturated carbocycles. The third-order valence-corrected chi connectivity index (χ3v) is 3.76. The van der Waals surface area contributed by atoms with Gasteiger partial charge in [0.05, 0.1) is 0 Å². The molecule has 1 fully saturated rings. The largest absolute Gasteiger partial charge is 0.368 e. The highest BCUT2D eigenvalue weighted by Gasteiger charge is 2.27. The van der Waals surface area contributed by atoms with Crippen LogP contribution >= 0.6 is 15.9 Å². The molecule has 1 saturated heterocycles. The number of carbonyl (C=O) groups is 1. The molecule has 0 N–H and O–H groups in total. The zero-order valence-corrected chi connectivity index (χ0v) is 12.5. The topological polar surface area (TPSA) is 29.5 Å². The molecule has 1 unspecified atom stereocenters. The van der Waals surface area contributed by atoms with E-state index in [1.165, 1.54) is 6.07 Å². The van der Waals surface area contributed by atoms with Gasteiger partial charge in [0.1, 0.15) is 11.9 Å². The summed E-state index contributed by atoms with van der Waals surface area (Å²) in [6, 6.07) is 4.77. The van der Waals surface area contributed by atoms with Gasteiger partial charge < -0.3 is 9.64 Å². The van der Waals surface area contributed by atoms with Gasteiger partial charge in [-0.1, -0.05) is 15.9 Å². The molecule has 0 spiro atoms. The molecule has 1 amide bonds. The van der Waals surface area contributed by atoms with Crippen molar-refractivity contribution in [3.05, 3.63) is 34.1 Å². The Labute approximate surface area is 120 Å². The molecule has 1 heterocycles. The molecule has 1 aliphatic heterocycles. The molecule has 19 heavy (non-hydrogen) atoms. The fourth-order valence-corrected chi connectivity index (χ4v) is 2.60. The molecule has 3 nitrogen and oxygen atoms in total. The number of hydrogen-bond acceptors (Lipinski definition) is 2. The Morgan fingerprint density at radius 2 is 2.37 bits per heavy atom. The van der Waals surface area contributed by atoms with Crippen LogP contribution in [0.1, 0.15) is 25.3 Å². The van der Waals surface area contributed by atoms with E-state index < -0.39 is 0 Å². The van der Waals surface area contributed by atoms with Crippen molar-refractivity contribution in [2.45, 2.75) is 32.4 Å². The fourth-order valence-electron chi connectivity index (χ4n) is 2.19. The molecule has 5 heteroatoms. The van der Waals surface area contributed by atoms with Crippen LogP contribution in [0.25, 0.3) is 0 Å². The van der Waals surface area contributed by atoms with Crippen LogP contribution in [0.15, 0.2) is 22.7 Å². The van der Waals surface area contributed by atoms with Gasteiger partial charge in [-0.3, -0.25) is 4.79 Å². The Kier molecular flexibility index (Phi) is 4.93. The third-order valence-electron chi connectivity index (χ3n) is 3.27. The Bertz CT molecular complexity index is 461. The summed E-state index contributed by atoms with van der Waals surface area (Å²) in [5.74, 6) is -0.332. The van der Waals surface area contributed by atoms with Gasteiger partial charge in [-0.25, -0.2) is 4.39 Å². The number of halogens is 2. The summed E-state index contributed by atoms with van der Waals surface area (Å²) in [6.45, 7) is 3.35. The van der Waals surface area contributed by atoms with Gasteiger partial charge in [0.15, 0.2) is 0 Å². The lowest BCUT2D eigenvalue weighted by molar-refractivity contribution is -0.141. The summed E-state index contributed by atoms with van der Waals surface area (Å²) in [4.78, 5) is 13.9. The third kappa shape index (κ3) is 3.54. The van der Waals surface area contributed by atoms with Gasteiger partial charge in [0.2, 0.25) is 0 Å². The molecule has 104 valence electrons. The lowest BCUT2D eigenvalue weighted by Crippen LogP contribution is -2.38. The van der Waals surface area contributed by atoms with E-state index in [4.69, 9.17) is 4.74 Å². The molecule has 0 radical (unpaired) electrons. The van der Waals surface area contributed by atoms with Crippen LogP contribution in [0.5, 0.6) is 0 Å². The monoisotopic (exact) mass is 329 g/mol. The average molecular weight is 330 g/mol. The summed E-state index contributed by atoms with van der Waals surface area (Å²) in [7, 11) is 0. The molecule has 2 rings (SSSR count). The van der Waals surface area contributed by atoms with E-state index in [2.05, 4.69) is 15.9 Å². The fraction of sp³-hybridized carbons (Fsp3) is 0.500. The SMILES string of the molecule is CCN(Cc1cc(Br)ccc1F)C(=O)C1CCCO1. The Hall–Kier alpha value is -0.940. The molecule has 1 aliphatic rings. The van der Waals surface area contributed by atoms with Crippen LogP contribution in [-0.4, -0.2) is 30.1 Å². The van der Waals surface area contributed by atoms with Gasteiger partial charge >= 0.3 is 0 Å². The minimum absolute atomic E-state index is 0.0422. The Morgan fingerprint density at radius 1 is 1.58 bits per heavy atom. The zero-order valence-electron chi connectivity index (χ0n) is 10.9. The summed E-state index contributed by atoms with van der Waals surface area (Å²) < 4.78 is 19.9. The van der Waals surface area contributed by atoms with E-state index >= 15 is 0 Å². The van der Waals surface area contributed by atoms with Crippen molar-refractivity contribution in [2.75, 3.05) is 13.2 Å². The first-order chi connectivity index (χ1) is 9.11. The van der Waals surface area contributed by atoms with Crippen LogP contribution in [0, 0.1) is 5.82 Å². The minimum atomic E-state index is -0.352. The minimum Gasteiger partial charge on any atom is -0.368 e. The van der Waals surface area contributed by atoms with Crippen molar-refractivity contribution >= 4 is 21.8 Å². The molecule has 0 aliphatic carbocycles. The first-order valence-corrected chi connectivity index (χ1v) is 7.25. The predicted molar refractivity (Wildman–Crippen MR) is 74.2 cm³/mol. The van der Waals surface area contributed by atoms with Gasteiger partial charge in [-0.2, -0.15) is 0 Å². The highest BCUT2D eigenvalue weighted by atomic mass is 79.9. The van der Waals surface area contributed by atoms with Gasteiger partial charge in [-0.15, -0.1) is 0 Å². The molecule has 0 bridgehead atoms. The summed E-state index contributed by atoms with van der Waals surface area (Å²) in [6.07, 6.45) is 1.32. The molecular formula is C14H17BrFNO2. The maximum Gasteiger partial charge on any atom is 0.251 e. The van der Waals surface area contributed by atoms with E-state index in [-0.39, 0.29) is 24.4 Å². The van der Waals surface area contributed by atoms with Crippen molar-refractivity contribution < 1.29 is 13.9 Å². The van der Waals surface area contributed by atoms with Crippen LogP contribution < -0.4 is 0 Å². The van der Waals surface area contributed by atoms with E-state index in [1.807, 2.05) is 6.92 Å². The Balaban J connectivity index is 2.09. The summed E-state index contributed by atoms with van der Waals surface area (Å²) in [5, 5.41) is 0. The second-order valence-electron chi connectivity index (χ2n) is 4.59. The number of rotatable bonds is 4. The molecular weight excluding hydrogens is 313 g/mol. The van der Waals surface area contributed by atoms with Crippen molar-refractivity contribution in [3.8, 4) is 0 Å². The average Bonchev–Trinajstić information content (AvgIpc) is 2.93. The van der Waals surface area contributed by atoms with Crippen LogP contribution in [0.2, 0.25) is 0 Å². The highest BCUT2D eigenvalue weighted by molar-refractivity contribution is 9.10. The van der Waals surface area contributed by atoms with Gasteiger partial charge in [0.25, 0.3) is 5.91 Å². The number of ether oxygens (including phenoxy) is 1. The molecule has 1 aromatic rings. The molecule has 1 atom stereocenters. The maximum absolute atomic E-state index is 13.7. The number of benzene rings is 1. The van der Waals surface area contributed by atoms with Crippen molar-refractivity contribution in [2.24, 2.45) is 0 Å². The van der Waals surface area contributed by atoms with Crippen molar-refractivity contribution in [1.29, 1.82) is 0 Å². The van der Waals surface area contributed by atoms with Crippen molar-refractivity contribution in [1.82, 2.24) is 4.90 Å². The van der Waals surface area contributed by atoms with E-state index in [0.29, 0.717) is 18.7 Å². The number of carbonyl (C=O) groups excluding carboxylic acids is 1. The van der Waals surface area contributed by atoms with E-state index in [0.717, 1.165) is 17.3 Å². The molecule has 1 aromatic carbocycles. The lowest BCUT2D eigenvalue weighted by atomic mass is 10.1. The smallest absolute Gasteiger partial charge is 0.251 e.